The van der Waals surface area contributed by atoms with Crippen molar-refractivity contribution in [3.63, 3.8) is 0 Å². The van der Waals surface area contributed by atoms with E-state index in [4.69, 9.17) is 0 Å². The molecule has 0 saturated carbocycles. The van der Waals surface area contributed by atoms with Crippen LogP contribution in [0.2, 0.25) is 0 Å². The van der Waals surface area contributed by atoms with Crippen molar-refractivity contribution in [1.29, 1.82) is 0 Å². The quantitative estimate of drug-likeness (QED) is 0.859. The van der Waals surface area contributed by atoms with Crippen LogP contribution in [0.1, 0.15) is 17.0 Å². The van der Waals surface area contributed by atoms with Gasteiger partial charge in [0.05, 0.1) is 17.1 Å². The van der Waals surface area contributed by atoms with E-state index in [0.717, 1.165) is 10.2 Å². The maximum absolute atomic E-state index is 13.0. The molecule has 23 heavy (non-hydrogen) atoms. The number of para-hydroxylation sites is 1. The lowest BCUT2D eigenvalue weighted by atomic mass is 10.2. The van der Waals surface area contributed by atoms with Crippen molar-refractivity contribution in [1.82, 2.24) is 9.78 Å². The van der Waals surface area contributed by atoms with Gasteiger partial charge in [-0.05, 0) is 31.9 Å². The smallest absolute Gasteiger partial charge is 0.266 e. The highest BCUT2D eigenvalue weighted by Gasteiger charge is 2.35. The molecule has 0 saturated heterocycles. The summed E-state index contributed by atoms with van der Waals surface area (Å²) in [5.74, 6) is 0. The summed E-state index contributed by atoms with van der Waals surface area (Å²) in [6.45, 7) is 2.78. The second kappa shape index (κ2) is 5.59. The minimum Gasteiger partial charge on any atom is -0.266 e. The molecule has 1 aliphatic heterocycles. The van der Waals surface area contributed by atoms with Crippen molar-refractivity contribution in [2.45, 2.75) is 38.1 Å². The third-order valence-electron chi connectivity index (χ3n) is 4.02. The minimum atomic E-state index is -3.82. The van der Waals surface area contributed by atoms with Gasteiger partial charge in [-0.3, -0.25) is 8.99 Å². The Balaban J connectivity index is 2.07. The van der Waals surface area contributed by atoms with Gasteiger partial charge in [0.15, 0.2) is 0 Å². The maximum Gasteiger partial charge on any atom is 0.268 e. The zero-order valence-corrected chi connectivity index (χ0v) is 13.6. The standard InChI is InChI=1S/C15H17F2N3O2S/c1-10-15(11(2)19(18-10)9-14(16)17)23(21,22)20-8-7-12-5-3-4-6-13(12)20/h3-6,14H,7-9H2,1-2H3. The fraction of sp³-hybridized carbons (Fsp3) is 0.400. The van der Waals surface area contributed by atoms with E-state index in [1.165, 1.54) is 18.2 Å². The third-order valence-corrected chi connectivity index (χ3v) is 6.08. The number of benzene rings is 1. The van der Waals surface area contributed by atoms with E-state index in [1.54, 1.807) is 12.1 Å². The molecule has 1 aromatic carbocycles. The summed E-state index contributed by atoms with van der Waals surface area (Å²) in [4.78, 5) is 0.0230. The molecule has 124 valence electrons. The van der Waals surface area contributed by atoms with Crippen molar-refractivity contribution >= 4 is 15.7 Å². The molecule has 0 radical (unpaired) electrons. The van der Waals surface area contributed by atoms with Crippen LogP contribution in [0.25, 0.3) is 0 Å². The first-order valence-electron chi connectivity index (χ1n) is 7.25. The predicted octanol–water partition coefficient (Wildman–Crippen LogP) is 2.52. The molecular formula is C15H17F2N3O2S. The van der Waals surface area contributed by atoms with Gasteiger partial charge >= 0.3 is 0 Å². The highest BCUT2D eigenvalue weighted by Crippen LogP contribution is 2.34. The molecule has 0 aliphatic carbocycles. The predicted molar refractivity (Wildman–Crippen MR) is 82.4 cm³/mol. The largest absolute Gasteiger partial charge is 0.268 e. The Hall–Kier alpha value is -1.96. The Morgan fingerprint density at radius 1 is 1.26 bits per heavy atom. The van der Waals surface area contributed by atoms with Gasteiger partial charge in [0, 0.05) is 6.54 Å². The van der Waals surface area contributed by atoms with Gasteiger partial charge < -0.3 is 0 Å². The number of aryl methyl sites for hydroxylation is 1. The zero-order chi connectivity index (χ0) is 16.8. The third kappa shape index (κ3) is 2.60. The van der Waals surface area contributed by atoms with Gasteiger partial charge in [0.1, 0.15) is 11.4 Å². The molecule has 0 N–H and O–H groups in total. The number of halogens is 2. The lowest BCUT2D eigenvalue weighted by Crippen LogP contribution is -2.30. The van der Waals surface area contributed by atoms with Gasteiger partial charge in [-0.2, -0.15) is 5.10 Å². The van der Waals surface area contributed by atoms with E-state index in [1.807, 2.05) is 12.1 Å². The number of alkyl halides is 2. The minimum absolute atomic E-state index is 0.0230. The van der Waals surface area contributed by atoms with Gasteiger partial charge in [-0.15, -0.1) is 0 Å². The first-order chi connectivity index (χ1) is 10.8. The summed E-state index contributed by atoms with van der Waals surface area (Å²) in [7, 11) is -3.82. The fourth-order valence-electron chi connectivity index (χ4n) is 3.03. The van der Waals surface area contributed by atoms with Crippen LogP contribution in [0.5, 0.6) is 0 Å². The number of hydrogen-bond donors (Lipinski definition) is 0. The van der Waals surface area contributed by atoms with E-state index in [0.29, 0.717) is 18.7 Å². The Kier molecular flexibility index (Phi) is 3.87. The van der Waals surface area contributed by atoms with Crippen molar-refractivity contribution in [3.8, 4) is 0 Å². The summed E-state index contributed by atoms with van der Waals surface area (Å²) in [5.41, 5.74) is 2.10. The van der Waals surface area contributed by atoms with E-state index >= 15 is 0 Å². The molecule has 2 heterocycles. The number of aromatic nitrogens is 2. The molecule has 0 bridgehead atoms. The summed E-state index contributed by atoms with van der Waals surface area (Å²) in [6.07, 6.45) is -1.95. The van der Waals surface area contributed by atoms with Crippen molar-refractivity contribution in [3.05, 3.63) is 41.2 Å². The molecule has 0 amide bonds. The van der Waals surface area contributed by atoms with Gasteiger partial charge in [0.2, 0.25) is 0 Å². The highest BCUT2D eigenvalue weighted by molar-refractivity contribution is 7.93. The normalized spacial score (nSPS) is 14.6. The summed E-state index contributed by atoms with van der Waals surface area (Å²) in [6, 6.07) is 7.30. The van der Waals surface area contributed by atoms with E-state index in [-0.39, 0.29) is 16.3 Å². The van der Waals surface area contributed by atoms with Crippen molar-refractivity contribution in [2.75, 3.05) is 10.8 Å². The van der Waals surface area contributed by atoms with E-state index < -0.39 is 23.0 Å². The summed E-state index contributed by atoms with van der Waals surface area (Å²) >= 11 is 0. The van der Waals surface area contributed by atoms with Crippen molar-refractivity contribution in [2.24, 2.45) is 0 Å². The number of hydrogen-bond acceptors (Lipinski definition) is 3. The SMILES string of the molecule is Cc1nn(CC(F)F)c(C)c1S(=O)(=O)N1CCc2ccccc21. The van der Waals surface area contributed by atoms with E-state index in [2.05, 4.69) is 5.10 Å². The summed E-state index contributed by atoms with van der Waals surface area (Å²) in [5, 5.41) is 3.97. The zero-order valence-electron chi connectivity index (χ0n) is 12.8. The van der Waals surface area contributed by atoms with E-state index in [9.17, 15) is 17.2 Å². The lowest BCUT2D eigenvalue weighted by Gasteiger charge is -2.19. The molecule has 1 aliphatic rings. The first-order valence-corrected chi connectivity index (χ1v) is 8.69. The average Bonchev–Trinajstić information content (AvgIpc) is 3.01. The number of rotatable bonds is 4. The maximum atomic E-state index is 13.0. The Morgan fingerprint density at radius 2 is 1.96 bits per heavy atom. The molecule has 2 aromatic rings. The molecule has 1 aromatic heterocycles. The van der Waals surface area contributed by atoms with Gasteiger partial charge in [-0.25, -0.2) is 17.2 Å². The summed E-state index contributed by atoms with van der Waals surface area (Å²) < 4.78 is 53.7. The van der Waals surface area contributed by atoms with Crippen LogP contribution in [-0.2, 0) is 23.0 Å². The van der Waals surface area contributed by atoms with Gasteiger partial charge in [-0.1, -0.05) is 18.2 Å². The Bertz CT molecular complexity index is 846. The monoisotopic (exact) mass is 341 g/mol. The Labute approximate surface area is 133 Å². The molecule has 0 unspecified atom stereocenters. The first kappa shape index (κ1) is 15.9. The second-order valence-corrected chi connectivity index (χ2v) is 7.33. The van der Waals surface area contributed by atoms with Crippen LogP contribution in [0.15, 0.2) is 29.2 Å². The molecule has 0 spiro atoms. The number of anilines is 1. The van der Waals surface area contributed by atoms with Crippen molar-refractivity contribution < 1.29 is 17.2 Å². The van der Waals surface area contributed by atoms with Crippen LogP contribution in [-0.4, -0.2) is 31.2 Å². The van der Waals surface area contributed by atoms with Gasteiger partial charge in [0.25, 0.3) is 16.4 Å². The molecule has 8 heteroatoms. The molecule has 3 rings (SSSR count). The molecular weight excluding hydrogens is 324 g/mol. The topological polar surface area (TPSA) is 55.2 Å². The average molecular weight is 341 g/mol. The number of nitrogens with zero attached hydrogens (tertiary/aromatic N) is 3. The highest BCUT2D eigenvalue weighted by atomic mass is 32.2. The lowest BCUT2D eigenvalue weighted by molar-refractivity contribution is 0.120. The molecule has 0 fully saturated rings. The molecule has 0 atom stereocenters. The van der Waals surface area contributed by atoms with Crippen LogP contribution in [0.4, 0.5) is 14.5 Å². The number of fused-ring (bicyclic) bond motifs is 1. The fourth-order valence-corrected chi connectivity index (χ4v) is 4.91. The second-order valence-electron chi connectivity index (χ2n) is 5.53. The van der Waals surface area contributed by atoms with Crippen LogP contribution in [0, 0.1) is 13.8 Å². The Morgan fingerprint density at radius 3 is 2.65 bits per heavy atom. The number of sulfonamides is 1. The van der Waals surface area contributed by atoms with Crippen LogP contribution in [0.3, 0.4) is 0 Å². The molecule has 5 nitrogen and oxygen atoms in total. The van der Waals surface area contributed by atoms with Crippen LogP contribution >= 0.6 is 0 Å². The van der Waals surface area contributed by atoms with Crippen LogP contribution < -0.4 is 4.31 Å².